The number of carbonyl (C=O) groups is 3. The Morgan fingerprint density at radius 3 is 2.57 bits per heavy atom. The van der Waals surface area contributed by atoms with Crippen LogP contribution in [0.15, 0.2) is 28.9 Å². The second-order valence-corrected chi connectivity index (χ2v) is 7.98. The maximum absolute atomic E-state index is 12.5. The van der Waals surface area contributed by atoms with Gasteiger partial charge in [0, 0.05) is 34.6 Å². The van der Waals surface area contributed by atoms with Crippen molar-refractivity contribution in [1.82, 2.24) is 15.8 Å². The van der Waals surface area contributed by atoms with Crippen LogP contribution in [0.2, 0.25) is 10.0 Å². The highest BCUT2D eigenvalue weighted by atomic mass is 35.5. The fourth-order valence-corrected chi connectivity index (χ4v) is 3.89. The lowest BCUT2D eigenvalue weighted by Crippen LogP contribution is -2.40. The van der Waals surface area contributed by atoms with Gasteiger partial charge in [0.05, 0.1) is 12.1 Å². The van der Waals surface area contributed by atoms with Crippen LogP contribution in [-0.2, 0) is 26.3 Å². The summed E-state index contributed by atoms with van der Waals surface area (Å²) in [5.74, 6) is -1.08. The quantitative estimate of drug-likeness (QED) is 0.719. The number of rotatable bonds is 5. The molecule has 1 aromatic heterocycles. The van der Waals surface area contributed by atoms with Gasteiger partial charge >= 0.3 is 0 Å². The Morgan fingerprint density at radius 1 is 1.32 bits per heavy atom. The predicted octanol–water partition coefficient (Wildman–Crippen LogP) is 3.10. The summed E-state index contributed by atoms with van der Waals surface area (Å²) in [6.07, 6.45) is 2.07. The highest BCUT2D eigenvalue weighted by Crippen LogP contribution is 2.37. The molecule has 1 atom stereocenters. The summed E-state index contributed by atoms with van der Waals surface area (Å²) in [4.78, 5) is 36.0. The molecule has 0 aliphatic carbocycles. The van der Waals surface area contributed by atoms with Crippen LogP contribution in [0.5, 0.6) is 0 Å². The molecule has 7 nitrogen and oxygen atoms in total. The second-order valence-electron chi connectivity index (χ2n) is 7.16. The number of nitrogens with one attached hydrogen (secondary N) is 2. The summed E-state index contributed by atoms with van der Waals surface area (Å²) in [5.41, 5.74) is 0.287. The zero-order valence-corrected chi connectivity index (χ0v) is 16.9. The van der Waals surface area contributed by atoms with Gasteiger partial charge in [-0.05, 0) is 38.0 Å². The highest BCUT2D eigenvalue weighted by molar-refractivity contribution is 6.36. The van der Waals surface area contributed by atoms with Gasteiger partial charge in [-0.3, -0.25) is 19.7 Å². The molecule has 0 spiro atoms. The van der Waals surface area contributed by atoms with Crippen molar-refractivity contribution in [3.63, 3.8) is 0 Å². The number of hydrogen-bond donors (Lipinski definition) is 2. The SMILES string of the molecule is CC(C)(C(=O)NCc1cc(Cl)c(C2CCC(=O)NC2=O)c(Cl)c1)c1ccno1. The summed E-state index contributed by atoms with van der Waals surface area (Å²) in [6.45, 7) is 3.66. The Labute approximate surface area is 171 Å². The normalized spacial score (nSPS) is 17.4. The van der Waals surface area contributed by atoms with E-state index in [9.17, 15) is 14.4 Å². The van der Waals surface area contributed by atoms with Crippen LogP contribution in [0.25, 0.3) is 0 Å². The fraction of sp³-hybridized carbons (Fsp3) is 0.368. The lowest BCUT2D eigenvalue weighted by atomic mass is 9.89. The predicted molar refractivity (Wildman–Crippen MR) is 103 cm³/mol. The van der Waals surface area contributed by atoms with Crippen molar-refractivity contribution in [2.45, 2.75) is 44.6 Å². The molecule has 0 saturated carbocycles. The number of amides is 3. The number of hydrogen-bond acceptors (Lipinski definition) is 5. The molecule has 148 valence electrons. The van der Waals surface area contributed by atoms with Crippen molar-refractivity contribution in [1.29, 1.82) is 0 Å². The van der Waals surface area contributed by atoms with Gasteiger partial charge < -0.3 is 9.84 Å². The molecule has 3 rings (SSSR count). The molecule has 2 aromatic rings. The van der Waals surface area contributed by atoms with E-state index in [4.69, 9.17) is 27.7 Å². The van der Waals surface area contributed by atoms with E-state index in [-0.39, 0.29) is 24.8 Å². The third-order valence-electron chi connectivity index (χ3n) is 4.80. The number of benzene rings is 1. The molecule has 1 saturated heterocycles. The largest absolute Gasteiger partial charge is 0.360 e. The maximum Gasteiger partial charge on any atom is 0.234 e. The van der Waals surface area contributed by atoms with E-state index in [0.717, 1.165) is 0 Å². The molecule has 3 amide bonds. The van der Waals surface area contributed by atoms with E-state index < -0.39 is 17.2 Å². The monoisotopic (exact) mass is 423 g/mol. The minimum atomic E-state index is -0.892. The second kappa shape index (κ2) is 7.93. The summed E-state index contributed by atoms with van der Waals surface area (Å²) >= 11 is 12.7. The van der Waals surface area contributed by atoms with Gasteiger partial charge in [-0.15, -0.1) is 0 Å². The lowest BCUT2D eigenvalue weighted by Gasteiger charge is -2.24. The Morgan fingerprint density at radius 2 is 2.00 bits per heavy atom. The average molecular weight is 424 g/mol. The average Bonchev–Trinajstić information content (AvgIpc) is 3.16. The molecular formula is C19H19Cl2N3O4. The van der Waals surface area contributed by atoms with Crippen molar-refractivity contribution >= 4 is 40.9 Å². The van der Waals surface area contributed by atoms with Gasteiger partial charge in [-0.25, -0.2) is 0 Å². The Hall–Kier alpha value is -2.38. The highest BCUT2D eigenvalue weighted by Gasteiger charge is 2.34. The molecule has 1 aromatic carbocycles. The van der Waals surface area contributed by atoms with Gasteiger partial charge in [-0.2, -0.15) is 0 Å². The molecule has 1 aliphatic heterocycles. The van der Waals surface area contributed by atoms with Crippen LogP contribution >= 0.6 is 23.2 Å². The summed E-state index contributed by atoms with van der Waals surface area (Å²) in [6, 6.07) is 4.96. The zero-order chi connectivity index (χ0) is 20.5. The van der Waals surface area contributed by atoms with Crippen molar-refractivity contribution in [3.05, 3.63) is 51.3 Å². The van der Waals surface area contributed by atoms with Gasteiger partial charge in [0.25, 0.3) is 0 Å². The molecule has 1 fully saturated rings. The minimum Gasteiger partial charge on any atom is -0.360 e. The number of nitrogens with zero attached hydrogens (tertiary/aromatic N) is 1. The molecule has 1 aliphatic rings. The van der Waals surface area contributed by atoms with Crippen molar-refractivity contribution in [2.24, 2.45) is 0 Å². The van der Waals surface area contributed by atoms with E-state index in [2.05, 4.69) is 15.8 Å². The number of imide groups is 1. The molecule has 1 unspecified atom stereocenters. The van der Waals surface area contributed by atoms with Gasteiger partial charge in [-0.1, -0.05) is 28.4 Å². The molecule has 2 N–H and O–H groups in total. The molecule has 0 radical (unpaired) electrons. The Balaban J connectivity index is 1.73. The first-order valence-corrected chi connectivity index (χ1v) is 9.46. The Bertz CT molecular complexity index is 902. The fourth-order valence-electron chi connectivity index (χ4n) is 3.09. The smallest absolute Gasteiger partial charge is 0.234 e. The van der Waals surface area contributed by atoms with Crippen molar-refractivity contribution in [3.8, 4) is 0 Å². The zero-order valence-electron chi connectivity index (χ0n) is 15.3. The molecule has 2 heterocycles. The van der Waals surface area contributed by atoms with E-state index in [1.165, 1.54) is 6.20 Å². The number of carbonyl (C=O) groups excluding carboxylic acids is 3. The standard InChI is InChI=1S/C19H19Cl2N3O4/c1-19(2,14-5-6-23-28-14)18(27)22-9-10-7-12(20)16(13(21)8-10)11-3-4-15(25)24-17(11)26/h5-8,11H,3-4,9H2,1-2H3,(H,22,27)(H,24,25,26). The minimum absolute atomic E-state index is 0.200. The first-order valence-electron chi connectivity index (χ1n) is 8.71. The van der Waals surface area contributed by atoms with E-state index >= 15 is 0 Å². The summed E-state index contributed by atoms with van der Waals surface area (Å²) in [5, 5.41) is 9.40. The Kier molecular flexibility index (Phi) is 5.76. The van der Waals surface area contributed by atoms with Crippen molar-refractivity contribution < 1.29 is 18.9 Å². The van der Waals surface area contributed by atoms with Gasteiger partial charge in [0.15, 0.2) is 5.76 Å². The van der Waals surface area contributed by atoms with Gasteiger partial charge in [0.2, 0.25) is 17.7 Å². The van der Waals surface area contributed by atoms with Crippen LogP contribution in [0.3, 0.4) is 0 Å². The van der Waals surface area contributed by atoms with E-state index in [1.54, 1.807) is 32.0 Å². The first-order chi connectivity index (χ1) is 13.2. The molecule has 28 heavy (non-hydrogen) atoms. The van der Waals surface area contributed by atoms with Crippen LogP contribution in [0.4, 0.5) is 0 Å². The van der Waals surface area contributed by atoms with E-state index in [0.29, 0.717) is 33.4 Å². The topological polar surface area (TPSA) is 101 Å². The molecule has 0 bridgehead atoms. The number of halogens is 2. The third-order valence-corrected chi connectivity index (χ3v) is 5.43. The van der Waals surface area contributed by atoms with Crippen LogP contribution in [0.1, 0.15) is 49.5 Å². The van der Waals surface area contributed by atoms with Crippen LogP contribution in [0, 0.1) is 0 Å². The maximum atomic E-state index is 12.5. The van der Waals surface area contributed by atoms with E-state index in [1.807, 2.05) is 0 Å². The van der Waals surface area contributed by atoms with Gasteiger partial charge in [0.1, 0.15) is 5.41 Å². The van der Waals surface area contributed by atoms with Crippen molar-refractivity contribution in [2.75, 3.05) is 0 Å². The summed E-state index contributed by atoms with van der Waals surface area (Å²) < 4.78 is 5.10. The number of piperidine rings is 1. The van der Waals surface area contributed by atoms with Crippen LogP contribution < -0.4 is 10.6 Å². The third kappa shape index (κ3) is 4.05. The first kappa shape index (κ1) is 20.4. The van der Waals surface area contributed by atoms with Crippen LogP contribution in [-0.4, -0.2) is 22.9 Å². The number of aromatic nitrogens is 1. The lowest BCUT2D eigenvalue weighted by molar-refractivity contribution is -0.134. The summed E-state index contributed by atoms with van der Waals surface area (Å²) in [7, 11) is 0. The molecule has 9 heteroatoms. The molecular weight excluding hydrogens is 405 g/mol.